The molecular formula is C21H19ClN2O4S. The number of hydrogen-bond donors (Lipinski definition) is 2. The Kier molecular flexibility index (Phi) is 6.41. The van der Waals surface area contributed by atoms with E-state index in [2.05, 4.69) is 10.0 Å². The summed E-state index contributed by atoms with van der Waals surface area (Å²) in [6.45, 7) is 2.45. The molecular weight excluding hydrogens is 412 g/mol. The van der Waals surface area contributed by atoms with Crippen molar-refractivity contribution in [3.05, 3.63) is 83.4 Å². The molecule has 0 heterocycles. The molecule has 6 nitrogen and oxygen atoms in total. The summed E-state index contributed by atoms with van der Waals surface area (Å²) in [5.74, 6) is 0.301. The second kappa shape index (κ2) is 8.98. The lowest BCUT2D eigenvalue weighted by atomic mass is 10.2. The Bertz CT molecular complexity index is 1100. The van der Waals surface area contributed by atoms with Gasteiger partial charge in [-0.25, -0.2) is 8.42 Å². The Morgan fingerprint density at radius 3 is 2.24 bits per heavy atom. The van der Waals surface area contributed by atoms with E-state index in [0.29, 0.717) is 18.0 Å². The number of anilines is 2. The van der Waals surface area contributed by atoms with Crippen LogP contribution in [0.1, 0.15) is 17.3 Å². The quantitative estimate of drug-likeness (QED) is 0.564. The van der Waals surface area contributed by atoms with Crippen molar-refractivity contribution in [3.8, 4) is 5.75 Å². The minimum atomic E-state index is -3.74. The van der Waals surface area contributed by atoms with Gasteiger partial charge in [0, 0.05) is 5.69 Å². The lowest BCUT2D eigenvalue weighted by molar-refractivity contribution is 0.102. The first-order chi connectivity index (χ1) is 13.9. The number of sulfonamides is 1. The zero-order chi connectivity index (χ0) is 20.9. The summed E-state index contributed by atoms with van der Waals surface area (Å²) in [4.78, 5) is 12.6. The van der Waals surface area contributed by atoms with Crippen molar-refractivity contribution in [2.24, 2.45) is 0 Å². The summed E-state index contributed by atoms with van der Waals surface area (Å²) < 4.78 is 32.6. The number of rotatable bonds is 7. The topological polar surface area (TPSA) is 84.5 Å². The summed E-state index contributed by atoms with van der Waals surface area (Å²) in [6.07, 6.45) is 0. The van der Waals surface area contributed by atoms with Crippen molar-refractivity contribution >= 4 is 38.9 Å². The minimum absolute atomic E-state index is 0.127. The Labute approximate surface area is 174 Å². The van der Waals surface area contributed by atoms with Crippen molar-refractivity contribution < 1.29 is 17.9 Å². The number of carbonyl (C=O) groups is 1. The fourth-order valence-electron chi connectivity index (χ4n) is 2.58. The van der Waals surface area contributed by atoms with Gasteiger partial charge in [0.1, 0.15) is 5.75 Å². The van der Waals surface area contributed by atoms with Gasteiger partial charge in [0.05, 0.1) is 27.8 Å². The van der Waals surface area contributed by atoms with Gasteiger partial charge in [-0.1, -0.05) is 29.8 Å². The average molecular weight is 431 g/mol. The van der Waals surface area contributed by atoms with Gasteiger partial charge in [0.2, 0.25) is 0 Å². The van der Waals surface area contributed by atoms with Crippen molar-refractivity contribution in [3.63, 3.8) is 0 Å². The molecule has 0 atom stereocenters. The number of benzene rings is 3. The molecule has 0 aliphatic carbocycles. The fourth-order valence-corrected chi connectivity index (χ4v) is 3.91. The molecule has 0 bridgehead atoms. The van der Waals surface area contributed by atoms with Crippen LogP contribution in [0.15, 0.2) is 77.7 Å². The normalized spacial score (nSPS) is 11.0. The standard InChI is InChI=1S/C21H19ClN2O4S/c1-2-28-17-11-8-15(9-12-17)23-21(25)19-13-10-16(14-20(19)22)24-29(26,27)18-6-4-3-5-7-18/h3-14,24H,2H2,1H3,(H,23,25). The predicted octanol–water partition coefficient (Wildman–Crippen LogP) is 4.79. The first-order valence-corrected chi connectivity index (χ1v) is 10.7. The second-order valence-corrected chi connectivity index (χ2v) is 8.11. The van der Waals surface area contributed by atoms with Crippen LogP contribution in [0.3, 0.4) is 0 Å². The van der Waals surface area contributed by atoms with Gasteiger partial charge in [-0.05, 0) is 61.5 Å². The zero-order valence-electron chi connectivity index (χ0n) is 15.6. The van der Waals surface area contributed by atoms with Gasteiger partial charge in [0.25, 0.3) is 15.9 Å². The summed E-state index contributed by atoms with van der Waals surface area (Å²) in [7, 11) is -3.74. The third-order valence-corrected chi connectivity index (χ3v) is 5.65. The maximum absolute atomic E-state index is 12.5. The van der Waals surface area contributed by atoms with E-state index in [4.69, 9.17) is 16.3 Å². The molecule has 0 aromatic heterocycles. The summed E-state index contributed by atoms with van der Waals surface area (Å²) >= 11 is 6.22. The Balaban J connectivity index is 1.72. The van der Waals surface area contributed by atoms with Crippen LogP contribution < -0.4 is 14.8 Å². The Hall–Kier alpha value is -3.03. The molecule has 0 saturated carbocycles. The maximum Gasteiger partial charge on any atom is 0.261 e. The van der Waals surface area contributed by atoms with E-state index in [0.717, 1.165) is 0 Å². The van der Waals surface area contributed by atoms with Gasteiger partial charge >= 0.3 is 0 Å². The number of hydrogen-bond acceptors (Lipinski definition) is 4. The van der Waals surface area contributed by atoms with Gasteiger partial charge < -0.3 is 10.1 Å². The molecule has 0 saturated heterocycles. The van der Waals surface area contributed by atoms with Crippen LogP contribution in [0, 0.1) is 0 Å². The van der Waals surface area contributed by atoms with E-state index >= 15 is 0 Å². The van der Waals surface area contributed by atoms with E-state index in [1.165, 1.54) is 30.3 Å². The van der Waals surface area contributed by atoms with E-state index in [1.807, 2.05) is 6.92 Å². The van der Waals surface area contributed by atoms with E-state index in [9.17, 15) is 13.2 Å². The molecule has 0 aliphatic heterocycles. The third-order valence-electron chi connectivity index (χ3n) is 3.94. The molecule has 8 heteroatoms. The fraction of sp³-hybridized carbons (Fsp3) is 0.0952. The van der Waals surface area contributed by atoms with Gasteiger partial charge in [0.15, 0.2) is 0 Å². The number of halogens is 1. The van der Waals surface area contributed by atoms with Crippen molar-refractivity contribution in [1.29, 1.82) is 0 Å². The van der Waals surface area contributed by atoms with Crippen LogP contribution in [-0.4, -0.2) is 20.9 Å². The highest BCUT2D eigenvalue weighted by molar-refractivity contribution is 7.92. The molecule has 2 N–H and O–H groups in total. The molecule has 29 heavy (non-hydrogen) atoms. The van der Waals surface area contributed by atoms with Gasteiger partial charge in [-0.3, -0.25) is 9.52 Å². The van der Waals surface area contributed by atoms with Crippen LogP contribution in [0.5, 0.6) is 5.75 Å². The van der Waals surface area contributed by atoms with Crippen molar-refractivity contribution in [2.45, 2.75) is 11.8 Å². The highest BCUT2D eigenvalue weighted by atomic mass is 35.5. The highest BCUT2D eigenvalue weighted by Crippen LogP contribution is 2.25. The molecule has 3 aromatic rings. The van der Waals surface area contributed by atoms with E-state index in [1.54, 1.807) is 42.5 Å². The molecule has 150 valence electrons. The smallest absolute Gasteiger partial charge is 0.261 e. The first kappa shape index (κ1) is 20.7. The molecule has 0 unspecified atom stereocenters. The number of amides is 1. The lowest BCUT2D eigenvalue weighted by Gasteiger charge is -2.11. The Morgan fingerprint density at radius 1 is 0.966 bits per heavy atom. The molecule has 3 aromatic carbocycles. The molecule has 0 radical (unpaired) electrons. The van der Waals surface area contributed by atoms with Crippen molar-refractivity contribution in [1.82, 2.24) is 0 Å². The molecule has 0 aliphatic rings. The summed E-state index contributed by atoms with van der Waals surface area (Å²) in [6, 6.07) is 19.3. The summed E-state index contributed by atoms with van der Waals surface area (Å²) in [5.41, 5.74) is 1.07. The number of ether oxygens (including phenoxy) is 1. The van der Waals surface area contributed by atoms with Crippen LogP contribution in [0.25, 0.3) is 0 Å². The largest absolute Gasteiger partial charge is 0.494 e. The average Bonchev–Trinajstić information content (AvgIpc) is 2.70. The monoisotopic (exact) mass is 430 g/mol. The second-order valence-electron chi connectivity index (χ2n) is 6.02. The highest BCUT2D eigenvalue weighted by Gasteiger charge is 2.16. The lowest BCUT2D eigenvalue weighted by Crippen LogP contribution is -2.14. The Morgan fingerprint density at radius 2 is 1.62 bits per heavy atom. The van der Waals surface area contributed by atoms with E-state index in [-0.39, 0.29) is 21.2 Å². The first-order valence-electron chi connectivity index (χ1n) is 8.80. The van der Waals surface area contributed by atoms with Crippen LogP contribution in [0.2, 0.25) is 5.02 Å². The molecule has 0 spiro atoms. The van der Waals surface area contributed by atoms with Crippen LogP contribution in [0.4, 0.5) is 11.4 Å². The predicted molar refractivity (Wildman–Crippen MR) is 114 cm³/mol. The molecule has 0 fully saturated rings. The number of carbonyl (C=O) groups excluding carboxylic acids is 1. The third kappa shape index (κ3) is 5.28. The minimum Gasteiger partial charge on any atom is -0.494 e. The van der Waals surface area contributed by atoms with Crippen LogP contribution >= 0.6 is 11.6 Å². The van der Waals surface area contributed by atoms with E-state index < -0.39 is 15.9 Å². The maximum atomic E-state index is 12.5. The van der Waals surface area contributed by atoms with Crippen LogP contribution in [-0.2, 0) is 10.0 Å². The van der Waals surface area contributed by atoms with Gasteiger partial charge in [-0.15, -0.1) is 0 Å². The number of nitrogens with one attached hydrogen (secondary N) is 2. The summed E-state index contributed by atoms with van der Waals surface area (Å²) in [5, 5.41) is 2.87. The molecule has 1 amide bonds. The SMILES string of the molecule is CCOc1ccc(NC(=O)c2ccc(NS(=O)(=O)c3ccccc3)cc2Cl)cc1. The van der Waals surface area contributed by atoms with Crippen molar-refractivity contribution in [2.75, 3.05) is 16.6 Å². The van der Waals surface area contributed by atoms with Gasteiger partial charge in [-0.2, -0.15) is 0 Å². The molecule has 3 rings (SSSR count). The zero-order valence-corrected chi connectivity index (χ0v) is 17.1.